The second kappa shape index (κ2) is 40.6. The molecule has 0 aliphatic carbocycles. The molecule has 2 N–H and O–H groups in total. The van der Waals surface area contributed by atoms with Crippen LogP contribution in [0, 0.1) is 0 Å². The minimum absolute atomic E-state index is 0.00986. The highest BCUT2D eigenvalue weighted by molar-refractivity contribution is 7.45. The first-order valence-electron chi connectivity index (χ1n) is 24.5. The van der Waals surface area contributed by atoms with Crippen molar-refractivity contribution in [1.82, 2.24) is 5.32 Å². The lowest BCUT2D eigenvalue weighted by molar-refractivity contribution is -0.870. The Labute approximate surface area is 354 Å². The van der Waals surface area contributed by atoms with E-state index in [9.17, 15) is 19.4 Å². The van der Waals surface area contributed by atoms with Gasteiger partial charge in [0, 0.05) is 6.42 Å². The molecule has 8 nitrogen and oxygen atoms in total. The molecule has 0 aromatic carbocycles. The Morgan fingerprint density at radius 2 is 0.965 bits per heavy atom. The molecule has 1 unspecified atom stereocenters. The molecule has 0 fully saturated rings. The molecule has 0 saturated heterocycles. The SMILES string of the molecule is CCCCCCCCCCC/C=C/CCCC[C@@H](O)[C@H](COP(=O)([O-])OCC[N+](C)(C)C)NC(=O)CCCCCCCCCCCCCCCCCCCCCC. The number of rotatable bonds is 45. The van der Waals surface area contributed by atoms with Gasteiger partial charge < -0.3 is 28.8 Å². The summed E-state index contributed by atoms with van der Waals surface area (Å²) in [6, 6.07) is -0.811. The third kappa shape index (κ3) is 43.1. The predicted molar refractivity (Wildman–Crippen MR) is 242 cm³/mol. The smallest absolute Gasteiger partial charge is 0.268 e. The normalized spacial score (nSPS) is 14.3. The number of nitrogens with one attached hydrogen (secondary N) is 1. The zero-order valence-electron chi connectivity index (χ0n) is 38.6. The fourth-order valence-corrected chi connectivity index (χ4v) is 8.05. The van der Waals surface area contributed by atoms with Crippen LogP contribution in [0.3, 0.4) is 0 Å². The van der Waals surface area contributed by atoms with Crippen LogP contribution in [0.1, 0.15) is 239 Å². The lowest BCUT2D eigenvalue weighted by atomic mass is 10.0. The third-order valence-corrected chi connectivity index (χ3v) is 12.2. The maximum Gasteiger partial charge on any atom is 0.268 e. The minimum Gasteiger partial charge on any atom is -0.756 e. The van der Waals surface area contributed by atoms with Crippen LogP contribution < -0.4 is 10.2 Å². The number of likely N-dealkylation sites (N-methyl/N-ethyl adjacent to an activating group) is 1. The number of phosphoric ester groups is 1. The molecule has 3 atom stereocenters. The lowest BCUT2D eigenvalue weighted by Gasteiger charge is -2.30. The third-order valence-electron chi connectivity index (χ3n) is 11.3. The van der Waals surface area contributed by atoms with Crippen molar-refractivity contribution in [3.63, 3.8) is 0 Å². The zero-order valence-corrected chi connectivity index (χ0v) is 39.5. The summed E-state index contributed by atoms with van der Waals surface area (Å²) in [5.41, 5.74) is 0. The summed E-state index contributed by atoms with van der Waals surface area (Å²) >= 11 is 0. The molecule has 0 saturated carbocycles. The number of unbranched alkanes of at least 4 members (excludes halogenated alkanes) is 30. The number of nitrogens with zero attached hydrogens (tertiary/aromatic N) is 1. The molecule has 0 heterocycles. The molecule has 0 aliphatic rings. The maximum atomic E-state index is 12.9. The van der Waals surface area contributed by atoms with E-state index in [0.717, 1.165) is 44.9 Å². The fourth-order valence-electron chi connectivity index (χ4n) is 7.33. The number of carbonyl (C=O) groups is 1. The van der Waals surface area contributed by atoms with Crippen molar-refractivity contribution in [3.05, 3.63) is 12.2 Å². The van der Waals surface area contributed by atoms with Crippen molar-refractivity contribution < 1.29 is 32.9 Å². The van der Waals surface area contributed by atoms with Gasteiger partial charge in [0.1, 0.15) is 13.2 Å². The molecule has 1 amide bonds. The van der Waals surface area contributed by atoms with E-state index in [0.29, 0.717) is 23.9 Å². The Balaban J connectivity index is 4.27. The standard InChI is InChI=1S/C48H97N2O6P/c1-6-8-10-12-14-16-18-20-22-23-24-25-26-28-30-32-34-36-38-40-42-48(52)49-46(45-56-57(53,54)55-44-43-50(3,4)5)47(51)41-39-37-35-33-31-29-27-21-19-17-15-13-11-9-7-2/h31,33,46-47,51H,6-30,32,34-45H2,1-5H3,(H-,49,52,53,54)/b33-31+/t46-,47+/m0/s1. The molecular weight excluding hydrogens is 732 g/mol. The van der Waals surface area contributed by atoms with Crippen LogP contribution in [0.5, 0.6) is 0 Å². The first-order chi connectivity index (χ1) is 27.5. The van der Waals surface area contributed by atoms with E-state index in [-0.39, 0.29) is 19.1 Å². The van der Waals surface area contributed by atoms with Crippen molar-refractivity contribution in [2.24, 2.45) is 0 Å². The van der Waals surface area contributed by atoms with Crippen LogP contribution >= 0.6 is 7.82 Å². The van der Waals surface area contributed by atoms with E-state index < -0.39 is 20.0 Å². The summed E-state index contributed by atoms with van der Waals surface area (Å²) in [7, 11) is 1.30. The fraction of sp³-hybridized carbons (Fsp3) is 0.938. The minimum atomic E-state index is -4.57. The van der Waals surface area contributed by atoms with Gasteiger partial charge in [0.15, 0.2) is 0 Å². The number of allylic oxidation sites excluding steroid dienone is 2. The zero-order chi connectivity index (χ0) is 42.1. The number of hydrogen-bond donors (Lipinski definition) is 2. The topological polar surface area (TPSA) is 108 Å². The summed E-state index contributed by atoms with van der Waals surface area (Å²) in [6.45, 7) is 4.72. The molecule has 0 aromatic heterocycles. The van der Waals surface area contributed by atoms with Crippen LogP contribution in [0.4, 0.5) is 0 Å². The predicted octanol–water partition coefficient (Wildman–Crippen LogP) is 13.3. The number of quaternary nitrogens is 1. The second-order valence-corrected chi connectivity index (χ2v) is 19.6. The Bertz CT molecular complexity index is 942. The van der Waals surface area contributed by atoms with E-state index >= 15 is 0 Å². The quantitative estimate of drug-likeness (QED) is 0.0274. The first-order valence-corrected chi connectivity index (χ1v) is 26.0. The number of phosphoric acid groups is 1. The van der Waals surface area contributed by atoms with Gasteiger partial charge in [0.25, 0.3) is 7.82 Å². The summed E-state index contributed by atoms with van der Waals surface area (Å²) in [6.07, 6.45) is 46.5. The van der Waals surface area contributed by atoms with Gasteiger partial charge in [-0.3, -0.25) is 9.36 Å². The summed E-state index contributed by atoms with van der Waals surface area (Å²) < 4.78 is 23.3. The molecule has 0 rings (SSSR count). The molecule has 9 heteroatoms. The van der Waals surface area contributed by atoms with Crippen LogP contribution in [0.2, 0.25) is 0 Å². The highest BCUT2D eigenvalue weighted by atomic mass is 31.2. The molecule has 0 spiro atoms. The number of aliphatic hydroxyl groups is 1. The largest absolute Gasteiger partial charge is 0.756 e. The average molecular weight is 829 g/mol. The van der Waals surface area contributed by atoms with Crippen molar-refractivity contribution in [1.29, 1.82) is 0 Å². The van der Waals surface area contributed by atoms with Gasteiger partial charge in [0.05, 0.1) is 39.9 Å². The van der Waals surface area contributed by atoms with Gasteiger partial charge in [-0.05, 0) is 38.5 Å². The monoisotopic (exact) mass is 829 g/mol. The van der Waals surface area contributed by atoms with Crippen LogP contribution in [0.25, 0.3) is 0 Å². The van der Waals surface area contributed by atoms with Crippen molar-refractivity contribution in [2.45, 2.75) is 251 Å². The first kappa shape index (κ1) is 56.2. The van der Waals surface area contributed by atoms with Crippen molar-refractivity contribution >= 4 is 13.7 Å². The average Bonchev–Trinajstić information content (AvgIpc) is 3.16. The Kier molecular flexibility index (Phi) is 40.1. The number of amides is 1. The van der Waals surface area contributed by atoms with Crippen molar-refractivity contribution in [2.75, 3.05) is 40.9 Å². The molecule has 0 bridgehead atoms. The highest BCUT2D eigenvalue weighted by Crippen LogP contribution is 2.38. The molecule has 57 heavy (non-hydrogen) atoms. The Hall–Kier alpha value is -0.760. The van der Waals surface area contributed by atoms with Crippen LogP contribution in [0.15, 0.2) is 12.2 Å². The highest BCUT2D eigenvalue weighted by Gasteiger charge is 2.24. The Morgan fingerprint density at radius 1 is 0.596 bits per heavy atom. The van der Waals surface area contributed by atoms with E-state index in [1.807, 2.05) is 21.1 Å². The van der Waals surface area contributed by atoms with E-state index in [2.05, 4.69) is 31.3 Å². The number of aliphatic hydroxyl groups excluding tert-OH is 1. The van der Waals surface area contributed by atoms with E-state index in [4.69, 9.17) is 9.05 Å². The van der Waals surface area contributed by atoms with Gasteiger partial charge in [-0.1, -0.05) is 206 Å². The number of carbonyl (C=O) groups excluding carboxylic acids is 1. The number of hydrogen-bond acceptors (Lipinski definition) is 6. The molecule has 340 valence electrons. The van der Waals surface area contributed by atoms with Gasteiger partial charge in [-0.25, -0.2) is 0 Å². The van der Waals surface area contributed by atoms with Crippen LogP contribution in [-0.2, 0) is 18.4 Å². The second-order valence-electron chi connectivity index (χ2n) is 18.2. The van der Waals surface area contributed by atoms with E-state index in [1.165, 1.54) is 167 Å². The van der Waals surface area contributed by atoms with Gasteiger partial charge >= 0.3 is 0 Å². The maximum absolute atomic E-state index is 12.9. The Morgan fingerprint density at radius 3 is 1.37 bits per heavy atom. The summed E-state index contributed by atoms with van der Waals surface area (Å²) in [5.74, 6) is -0.170. The molecule has 0 aliphatic heterocycles. The van der Waals surface area contributed by atoms with Gasteiger partial charge in [-0.2, -0.15) is 0 Å². The van der Waals surface area contributed by atoms with E-state index in [1.54, 1.807) is 0 Å². The lowest BCUT2D eigenvalue weighted by Crippen LogP contribution is -2.46. The summed E-state index contributed by atoms with van der Waals surface area (Å²) in [5, 5.41) is 13.9. The molecular formula is C48H97N2O6P. The van der Waals surface area contributed by atoms with Gasteiger partial charge in [-0.15, -0.1) is 0 Å². The van der Waals surface area contributed by atoms with Gasteiger partial charge in [0.2, 0.25) is 5.91 Å². The molecule has 0 radical (unpaired) electrons. The molecule has 0 aromatic rings. The van der Waals surface area contributed by atoms with Crippen molar-refractivity contribution in [3.8, 4) is 0 Å². The summed E-state index contributed by atoms with van der Waals surface area (Å²) in [4.78, 5) is 25.4. The van der Waals surface area contributed by atoms with Crippen LogP contribution in [-0.4, -0.2) is 68.5 Å².